The monoisotopic (exact) mass is 220 g/mol. The summed E-state index contributed by atoms with van der Waals surface area (Å²) < 4.78 is 60.3. The molecule has 0 aliphatic carbocycles. The van der Waals surface area contributed by atoms with Crippen LogP contribution in [0.5, 0.6) is 0 Å². The van der Waals surface area contributed by atoms with Crippen molar-refractivity contribution in [3.05, 3.63) is 29.8 Å². The molecular weight excluding hydrogens is 217 g/mol. The minimum atomic E-state index is -5.46. The maximum atomic E-state index is 12.4. The Bertz CT molecular complexity index is 298. The van der Waals surface area contributed by atoms with E-state index >= 15 is 0 Å². The molecule has 0 aromatic heterocycles. The predicted molar refractivity (Wildman–Crippen MR) is 35.1 cm³/mol. The van der Waals surface area contributed by atoms with E-state index in [1.807, 2.05) is 0 Å². The van der Waals surface area contributed by atoms with Crippen molar-refractivity contribution >= 4 is 12.4 Å². The van der Waals surface area contributed by atoms with Crippen LogP contribution in [0.2, 0.25) is 0 Å². The van der Waals surface area contributed by atoms with Crippen molar-refractivity contribution in [1.82, 2.24) is 0 Å². The molecule has 1 rings (SSSR count). The summed E-state index contributed by atoms with van der Waals surface area (Å²) in [7, 11) is 0. The topological polar surface area (TPSA) is 0 Å². The predicted octanol–water partition coefficient (Wildman–Crippen LogP) is -0.977. The Morgan fingerprint density at radius 2 is 1.54 bits per heavy atom. The van der Waals surface area contributed by atoms with E-state index in [1.54, 1.807) is 0 Å². The van der Waals surface area contributed by atoms with E-state index in [0.29, 0.717) is 12.1 Å². The van der Waals surface area contributed by atoms with Gasteiger partial charge in [0.2, 0.25) is 0 Å². The van der Waals surface area contributed by atoms with E-state index in [2.05, 4.69) is 0 Å². The Kier molecular flexibility index (Phi) is 5.09. The second-order valence-corrected chi connectivity index (χ2v) is 2.24. The molecule has 1 aromatic rings. The van der Waals surface area contributed by atoms with Crippen LogP contribution in [0, 0.1) is 11.6 Å². The van der Waals surface area contributed by atoms with Gasteiger partial charge >= 0.3 is 58.4 Å². The minimum absolute atomic E-state index is 0. The van der Waals surface area contributed by atoms with Crippen LogP contribution in [0.1, 0.15) is 0 Å². The van der Waals surface area contributed by atoms with Gasteiger partial charge in [-0.1, -0.05) is 11.5 Å². The molecular formula is C6H3BF5K. The zero-order valence-electron chi connectivity index (χ0n) is 6.70. The smallest absolute Gasteiger partial charge is 0.445 e. The minimum Gasteiger partial charge on any atom is -0.445 e. The fraction of sp³-hybridized carbons (Fsp3) is 0. The quantitative estimate of drug-likeness (QED) is 0.421. The standard InChI is InChI=1S/C6H3BF5.K/c8-4-1-2-6(9)5(3-4)7(10,11)12;/h1-3H;/q-1;+1. The van der Waals surface area contributed by atoms with Crippen LogP contribution in [0.15, 0.2) is 18.2 Å². The Balaban J connectivity index is 0.00000144. The molecule has 13 heavy (non-hydrogen) atoms. The molecule has 0 N–H and O–H groups in total. The summed E-state index contributed by atoms with van der Waals surface area (Å²) in [5.41, 5.74) is -1.52. The van der Waals surface area contributed by atoms with E-state index in [1.165, 1.54) is 0 Å². The first-order valence-electron chi connectivity index (χ1n) is 3.06. The van der Waals surface area contributed by atoms with Crippen LogP contribution < -0.4 is 56.8 Å². The molecule has 1 aromatic carbocycles. The van der Waals surface area contributed by atoms with Crippen LogP contribution in [-0.2, 0) is 0 Å². The molecule has 0 unspecified atom stereocenters. The van der Waals surface area contributed by atoms with E-state index in [-0.39, 0.29) is 57.5 Å². The fourth-order valence-corrected chi connectivity index (χ4v) is 0.765. The molecule has 0 fully saturated rings. The summed E-state index contributed by atoms with van der Waals surface area (Å²) in [5.74, 6) is -2.53. The van der Waals surface area contributed by atoms with Crippen LogP contribution in [0.25, 0.3) is 0 Å². The molecule has 0 saturated carbocycles. The van der Waals surface area contributed by atoms with E-state index in [9.17, 15) is 21.7 Å². The maximum Gasteiger partial charge on any atom is 1.00 e. The molecule has 0 amide bonds. The largest absolute Gasteiger partial charge is 1.00 e. The normalized spacial score (nSPS) is 10.8. The molecule has 0 heterocycles. The summed E-state index contributed by atoms with van der Waals surface area (Å²) in [5, 5.41) is 0. The first kappa shape index (κ1) is 13.6. The van der Waals surface area contributed by atoms with Crippen molar-refractivity contribution in [1.29, 1.82) is 0 Å². The summed E-state index contributed by atoms with van der Waals surface area (Å²) in [4.78, 5) is 0. The van der Waals surface area contributed by atoms with Gasteiger partial charge in [-0.3, -0.25) is 0 Å². The molecule has 0 spiro atoms. The number of hydrogen-bond donors (Lipinski definition) is 0. The van der Waals surface area contributed by atoms with Gasteiger partial charge in [-0.2, -0.15) is 0 Å². The van der Waals surface area contributed by atoms with Crippen molar-refractivity contribution in [2.24, 2.45) is 0 Å². The average Bonchev–Trinajstić information content (AvgIpc) is 1.92. The SMILES string of the molecule is Fc1ccc(F)c([B-](F)(F)F)c1.[K+]. The Labute approximate surface area is 114 Å². The van der Waals surface area contributed by atoms with Crippen LogP contribution in [0.4, 0.5) is 21.7 Å². The number of hydrogen-bond acceptors (Lipinski definition) is 0. The van der Waals surface area contributed by atoms with Gasteiger partial charge in [0, 0.05) is 0 Å². The Morgan fingerprint density at radius 3 is 1.92 bits per heavy atom. The van der Waals surface area contributed by atoms with Gasteiger partial charge in [0.25, 0.3) is 0 Å². The maximum absolute atomic E-state index is 12.4. The van der Waals surface area contributed by atoms with Crippen LogP contribution in [0.3, 0.4) is 0 Å². The summed E-state index contributed by atoms with van der Waals surface area (Å²) in [6, 6.07) is 1.25. The zero-order chi connectivity index (χ0) is 9.35. The molecule has 0 aliphatic rings. The molecule has 0 nitrogen and oxygen atoms in total. The molecule has 0 atom stereocenters. The molecule has 0 saturated heterocycles. The van der Waals surface area contributed by atoms with Gasteiger partial charge < -0.3 is 12.9 Å². The summed E-state index contributed by atoms with van der Waals surface area (Å²) in [6.45, 7) is -5.46. The third-order valence-corrected chi connectivity index (χ3v) is 1.31. The first-order valence-corrected chi connectivity index (χ1v) is 3.06. The number of benzene rings is 1. The van der Waals surface area contributed by atoms with Crippen LogP contribution in [-0.4, -0.2) is 6.98 Å². The van der Waals surface area contributed by atoms with Crippen molar-refractivity contribution in [2.45, 2.75) is 0 Å². The van der Waals surface area contributed by atoms with E-state index < -0.39 is 24.1 Å². The van der Waals surface area contributed by atoms with Crippen molar-refractivity contribution in [3.63, 3.8) is 0 Å². The fourth-order valence-electron chi connectivity index (χ4n) is 0.765. The Morgan fingerprint density at radius 1 is 1.00 bits per heavy atom. The third kappa shape index (κ3) is 3.67. The molecule has 0 bridgehead atoms. The summed E-state index contributed by atoms with van der Waals surface area (Å²) in [6.07, 6.45) is 0. The van der Waals surface area contributed by atoms with Crippen molar-refractivity contribution in [3.8, 4) is 0 Å². The first-order chi connectivity index (χ1) is 5.41. The van der Waals surface area contributed by atoms with E-state index in [0.717, 1.165) is 0 Å². The average molecular weight is 220 g/mol. The molecule has 0 aliphatic heterocycles. The second kappa shape index (κ2) is 4.88. The van der Waals surface area contributed by atoms with Gasteiger partial charge in [0.1, 0.15) is 5.82 Å². The van der Waals surface area contributed by atoms with Crippen molar-refractivity contribution < 1.29 is 73.1 Å². The van der Waals surface area contributed by atoms with Crippen LogP contribution >= 0.6 is 0 Å². The van der Waals surface area contributed by atoms with E-state index in [4.69, 9.17) is 0 Å². The molecule has 7 heteroatoms. The zero-order valence-corrected chi connectivity index (χ0v) is 9.82. The molecule has 0 radical (unpaired) electrons. The van der Waals surface area contributed by atoms with Crippen molar-refractivity contribution in [2.75, 3.05) is 0 Å². The number of halogens is 5. The second-order valence-electron chi connectivity index (χ2n) is 2.24. The van der Waals surface area contributed by atoms with Gasteiger partial charge in [-0.15, -0.1) is 0 Å². The van der Waals surface area contributed by atoms with Gasteiger partial charge in [-0.25, -0.2) is 8.78 Å². The molecule has 66 valence electrons. The Hall–Kier alpha value is 0.571. The number of rotatable bonds is 1. The van der Waals surface area contributed by atoms with Gasteiger partial charge in [0.05, 0.1) is 5.82 Å². The van der Waals surface area contributed by atoms with Gasteiger partial charge in [-0.05, 0) is 12.1 Å². The third-order valence-electron chi connectivity index (χ3n) is 1.31. The summed E-state index contributed by atoms with van der Waals surface area (Å²) >= 11 is 0. The van der Waals surface area contributed by atoms with Gasteiger partial charge in [0.15, 0.2) is 0 Å².